The summed E-state index contributed by atoms with van der Waals surface area (Å²) in [7, 11) is -4.75. The van der Waals surface area contributed by atoms with Crippen LogP contribution in [0.2, 0.25) is 0 Å². The second-order valence-electron chi connectivity index (χ2n) is 5.05. The summed E-state index contributed by atoms with van der Waals surface area (Å²) >= 11 is 0. The van der Waals surface area contributed by atoms with E-state index in [9.17, 15) is 17.4 Å². The fourth-order valence-corrected chi connectivity index (χ4v) is 3.26. The normalized spacial score (nSPS) is 20.6. The van der Waals surface area contributed by atoms with Crippen LogP contribution in [0.15, 0.2) is 29.2 Å². The van der Waals surface area contributed by atoms with Gasteiger partial charge < -0.3 is 5.32 Å². The summed E-state index contributed by atoms with van der Waals surface area (Å²) in [5, 5.41) is 3.23. The zero-order chi connectivity index (χ0) is 14.8. The van der Waals surface area contributed by atoms with E-state index in [0.29, 0.717) is 12.3 Å². The van der Waals surface area contributed by atoms with Crippen molar-refractivity contribution in [2.24, 2.45) is 5.92 Å². The third-order valence-electron chi connectivity index (χ3n) is 3.54. The van der Waals surface area contributed by atoms with Crippen molar-refractivity contribution in [2.45, 2.75) is 29.7 Å². The fourth-order valence-electron chi connectivity index (χ4n) is 2.40. The largest absolute Gasteiger partial charge is 0.483 e. The molecule has 0 radical (unpaired) electrons. The number of hydrogen-bond donors (Lipinski definition) is 2. The zero-order valence-electron chi connectivity index (χ0n) is 10.9. The number of benzene rings is 1. The van der Waals surface area contributed by atoms with Gasteiger partial charge in [-0.05, 0) is 56.0 Å². The monoisotopic (exact) mass is 306 g/mol. The van der Waals surface area contributed by atoms with Crippen molar-refractivity contribution in [3.63, 3.8) is 0 Å². The molecule has 1 saturated heterocycles. The Morgan fingerprint density at radius 3 is 2.55 bits per heavy atom. The predicted molar refractivity (Wildman–Crippen MR) is 70.9 cm³/mol. The topological polar surface area (TPSA) is 53.0 Å². The van der Waals surface area contributed by atoms with Crippen LogP contribution in [-0.4, -0.2) is 22.8 Å². The van der Waals surface area contributed by atoms with E-state index in [1.165, 1.54) is 12.1 Å². The zero-order valence-corrected chi connectivity index (χ0v) is 11.7. The molecule has 2 N–H and O–H groups in total. The van der Waals surface area contributed by atoms with Crippen LogP contribution in [0.4, 0.5) is 13.2 Å². The van der Waals surface area contributed by atoms with Crippen molar-refractivity contribution >= 4 is 9.73 Å². The van der Waals surface area contributed by atoms with Gasteiger partial charge in [-0.1, -0.05) is 12.1 Å². The van der Waals surface area contributed by atoms with Crippen LogP contribution in [0, 0.1) is 10.7 Å². The van der Waals surface area contributed by atoms with Gasteiger partial charge in [-0.3, -0.25) is 0 Å². The average molecular weight is 306 g/mol. The summed E-state index contributed by atoms with van der Waals surface area (Å²) in [6.07, 6.45) is 2.64. The second-order valence-corrected chi connectivity index (χ2v) is 7.09. The summed E-state index contributed by atoms with van der Waals surface area (Å²) in [6, 6.07) is 5.57. The predicted octanol–water partition coefficient (Wildman–Crippen LogP) is 3.15. The van der Waals surface area contributed by atoms with Crippen LogP contribution in [0.5, 0.6) is 0 Å². The van der Waals surface area contributed by atoms with Crippen molar-refractivity contribution in [1.82, 2.24) is 5.32 Å². The minimum absolute atomic E-state index is 0.430. The molecule has 1 atom stereocenters. The van der Waals surface area contributed by atoms with Crippen LogP contribution in [0.25, 0.3) is 0 Å². The molecule has 20 heavy (non-hydrogen) atoms. The van der Waals surface area contributed by atoms with E-state index in [0.717, 1.165) is 37.6 Å². The maximum atomic E-state index is 12.6. The summed E-state index contributed by atoms with van der Waals surface area (Å²) in [5.74, 6) is 0.430. The third kappa shape index (κ3) is 3.32. The van der Waals surface area contributed by atoms with Gasteiger partial charge in [-0.2, -0.15) is 13.2 Å². The second kappa shape index (κ2) is 5.73. The first-order valence-corrected chi connectivity index (χ1v) is 8.01. The maximum absolute atomic E-state index is 12.6. The molecule has 1 aromatic carbocycles. The minimum Gasteiger partial charge on any atom is -0.317 e. The first-order valence-electron chi connectivity index (χ1n) is 6.45. The van der Waals surface area contributed by atoms with E-state index in [-0.39, 0.29) is 0 Å². The van der Waals surface area contributed by atoms with Crippen LogP contribution < -0.4 is 5.32 Å². The molecule has 1 unspecified atom stereocenters. The lowest BCUT2D eigenvalue weighted by Crippen LogP contribution is -2.28. The van der Waals surface area contributed by atoms with E-state index in [1.807, 2.05) is 0 Å². The van der Waals surface area contributed by atoms with Gasteiger partial charge in [0.1, 0.15) is 0 Å². The fraction of sp³-hybridized carbons (Fsp3) is 0.538. The number of rotatable bonds is 3. The van der Waals surface area contributed by atoms with Gasteiger partial charge in [-0.15, -0.1) is 0 Å². The van der Waals surface area contributed by atoms with Crippen molar-refractivity contribution in [2.75, 3.05) is 13.1 Å². The molecular formula is C13H17F3N2OS. The highest BCUT2D eigenvalue weighted by atomic mass is 32.2. The molecule has 1 heterocycles. The van der Waals surface area contributed by atoms with Gasteiger partial charge in [0, 0.05) is 0 Å². The average Bonchev–Trinajstić information content (AvgIpc) is 2.39. The molecule has 1 aliphatic rings. The summed E-state index contributed by atoms with van der Waals surface area (Å²) < 4.78 is 56.6. The third-order valence-corrected chi connectivity index (χ3v) is 5.11. The minimum atomic E-state index is -5.03. The summed E-state index contributed by atoms with van der Waals surface area (Å²) in [5.41, 5.74) is -4.31. The number of hydrogen-bond acceptors (Lipinski definition) is 3. The molecule has 1 aliphatic heterocycles. The first-order chi connectivity index (χ1) is 9.30. The van der Waals surface area contributed by atoms with Crippen LogP contribution in [-0.2, 0) is 16.1 Å². The van der Waals surface area contributed by atoms with Crippen molar-refractivity contribution < 1.29 is 17.4 Å². The number of piperidine rings is 1. The van der Waals surface area contributed by atoms with Crippen LogP contribution >= 0.6 is 0 Å². The van der Waals surface area contributed by atoms with Crippen molar-refractivity contribution in [3.05, 3.63) is 29.8 Å². The molecule has 1 aromatic rings. The Hall–Kier alpha value is -1.08. The lowest BCUT2D eigenvalue weighted by Gasteiger charge is -2.22. The summed E-state index contributed by atoms with van der Waals surface area (Å²) in [4.78, 5) is -0.448. The highest BCUT2D eigenvalue weighted by molar-refractivity contribution is 7.93. The number of halogens is 3. The Morgan fingerprint density at radius 1 is 1.30 bits per heavy atom. The summed E-state index contributed by atoms with van der Waals surface area (Å²) in [6.45, 7) is 1.84. The lowest BCUT2D eigenvalue weighted by molar-refractivity contribution is -0.0406. The Bertz CT molecular complexity index is 563. The molecular weight excluding hydrogens is 289 g/mol. The Kier molecular flexibility index (Phi) is 4.39. The molecule has 1 fully saturated rings. The van der Waals surface area contributed by atoms with Gasteiger partial charge in [-0.25, -0.2) is 8.99 Å². The van der Waals surface area contributed by atoms with Gasteiger partial charge >= 0.3 is 5.51 Å². The molecule has 3 nitrogen and oxygen atoms in total. The standard InChI is InChI=1S/C13H17F3N2OS/c14-13(15,16)20(17,19)12-3-1-2-11(9-12)8-10-4-6-18-7-5-10/h1-3,9-10,17-18H,4-8H2. The van der Waals surface area contributed by atoms with E-state index in [4.69, 9.17) is 4.78 Å². The van der Waals surface area contributed by atoms with E-state index in [2.05, 4.69) is 5.32 Å². The highest BCUT2D eigenvalue weighted by Gasteiger charge is 2.43. The Labute approximate surface area is 116 Å². The molecule has 2 rings (SSSR count). The number of nitrogens with one attached hydrogen (secondary N) is 2. The van der Waals surface area contributed by atoms with Crippen molar-refractivity contribution in [1.29, 1.82) is 4.78 Å². The first kappa shape index (κ1) is 15.3. The highest BCUT2D eigenvalue weighted by Crippen LogP contribution is 2.31. The Balaban J connectivity index is 2.20. The van der Waals surface area contributed by atoms with Gasteiger partial charge in [0.25, 0.3) is 0 Å². The molecule has 0 aromatic heterocycles. The van der Waals surface area contributed by atoms with E-state index in [1.54, 1.807) is 6.07 Å². The molecule has 0 bridgehead atoms. The van der Waals surface area contributed by atoms with E-state index < -0.39 is 20.1 Å². The maximum Gasteiger partial charge on any atom is 0.483 e. The SMILES string of the molecule is N=S(=O)(c1cccc(CC2CCNCC2)c1)C(F)(F)F. The molecule has 0 spiro atoms. The van der Waals surface area contributed by atoms with Crippen LogP contribution in [0.1, 0.15) is 18.4 Å². The van der Waals surface area contributed by atoms with E-state index >= 15 is 0 Å². The molecule has 0 aliphatic carbocycles. The van der Waals surface area contributed by atoms with Crippen LogP contribution in [0.3, 0.4) is 0 Å². The smallest absolute Gasteiger partial charge is 0.317 e. The number of alkyl halides is 3. The quantitative estimate of drug-likeness (QED) is 0.901. The molecule has 0 saturated carbocycles. The molecule has 112 valence electrons. The van der Waals surface area contributed by atoms with Gasteiger partial charge in [0.05, 0.1) is 4.90 Å². The lowest BCUT2D eigenvalue weighted by atomic mass is 9.91. The van der Waals surface area contributed by atoms with Crippen molar-refractivity contribution in [3.8, 4) is 0 Å². The van der Waals surface area contributed by atoms with Gasteiger partial charge in [0.15, 0.2) is 9.73 Å². The Morgan fingerprint density at radius 2 is 1.95 bits per heavy atom. The van der Waals surface area contributed by atoms with Gasteiger partial charge in [0.2, 0.25) is 0 Å². The molecule has 7 heteroatoms. The molecule has 0 amide bonds.